The van der Waals surface area contributed by atoms with E-state index in [0.29, 0.717) is 0 Å². The van der Waals surface area contributed by atoms with Crippen molar-refractivity contribution < 1.29 is 0 Å². The van der Waals surface area contributed by atoms with Gasteiger partial charge in [-0.1, -0.05) is 178 Å². The molecule has 10 rings (SSSR count). The molecule has 0 unspecified atom stereocenters. The lowest BCUT2D eigenvalue weighted by molar-refractivity contribution is 0.660. The third-order valence-corrected chi connectivity index (χ3v) is 11.7. The largest absolute Gasteiger partial charge is 0.310 e. The van der Waals surface area contributed by atoms with Gasteiger partial charge in [-0.2, -0.15) is 0 Å². The molecular formula is C55H41N. The molecule has 0 fully saturated rings. The van der Waals surface area contributed by atoms with E-state index < -0.39 is 0 Å². The molecule has 0 amide bonds. The SMILES string of the molecule is CC1(C)c2ccccc2-c2ccc(N(c3ccc(-c4ccc(-c5cccc(-c6ccc7ccccc7c6)c5)cc4)cc3)c3cccc(-c4ccccc4)c3)cc21. The van der Waals surface area contributed by atoms with E-state index in [1.165, 1.54) is 77.5 Å². The fourth-order valence-corrected chi connectivity index (χ4v) is 8.64. The van der Waals surface area contributed by atoms with Gasteiger partial charge in [0.15, 0.2) is 0 Å². The van der Waals surface area contributed by atoms with Gasteiger partial charge in [0.05, 0.1) is 0 Å². The maximum Gasteiger partial charge on any atom is 0.0467 e. The first-order chi connectivity index (χ1) is 27.5. The molecule has 266 valence electrons. The van der Waals surface area contributed by atoms with Crippen LogP contribution in [-0.4, -0.2) is 0 Å². The van der Waals surface area contributed by atoms with Crippen LogP contribution in [0.25, 0.3) is 66.4 Å². The summed E-state index contributed by atoms with van der Waals surface area (Å²) in [5.41, 5.74) is 18.4. The van der Waals surface area contributed by atoms with E-state index in [1.807, 2.05) is 0 Å². The highest BCUT2D eigenvalue weighted by molar-refractivity contribution is 5.89. The molecule has 1 heteroatoms. The Labute approximate surface area is 329 Å². The number of hydrogen-bond acceptors (Lipinski definition) is 1. The zero-order chi connectivity index (χ0) is 37.6. The number of hydrogen-bond donors (Lipinski definition) is 0. The fraction of sp³-hybridized carbons (Fsp3) is 0.0545. The topological polar surface area (TPSA) is 3.24 Å². The number of benzene rings is 9. The second-order valence-electron chi connectivity index (χ2n) is 15.4. The van der Waals surface area contributed by atoms with Crippen LogP contribution in [0.5, 0.6) is 0 Å². The van der Waals surface area contributed by atoms with Gasteiger partial charge in [0.25, 0.3) is 0 Å². The molecular weight excluding hydrogens is 675 g/mol. The molecule has 0 radical (unpaired) electrons. The van der Waals surface area contributed by atoms with Crippen molar-refractivity contribution in [1.82, 2.24) is 0 Å². The van der Waals surface area contributed by atoms with Crippen molar-refractivity contribution in [3.05, 3.63) is 223 Å². The van der Waals surface area contributed by atoms with Gasteiger partial charge in [0.2, 0.25) is 0 Å². The number of nitrogens with zero attached hydrogens (tertiary/aromatic N) is 1. The Hall–Kier alpha value is -6.96. The van der Waals surface area contributed by atoms with E-state index in [1.54, 1.807) is 0 Å². The third kappa shape index (κ3) is 5.99. The lowest BCUT2D eigenvalue weighted by Gasteiger charge is -2.28. The summed E-state index contributed by atoms with van der Waals surface area (Å²) in [5.74, 6) is 0. The maximum absolute atomic E-state index is 2.41. The van der Waals surface area contributed by atoms with Crippen LogP contribution >= 0.6 is 0 Å². The van der Waals surface area contributed by atoms with Crippen molar-refractivity contribution >= 4 is 27.8 Å². The molecule has 56 heavy (non-hydrogen) atoms. The molecule has 0 aromatic heterocycles. The van der Waals surface area contributed by atoms with Crippen molar-refractivity contribution in [3.63, 3.8) is 0 Å². The summed E-state index contributed by atoms with van der Waals surface area (Å²) in [6, 6.07) is 77.6. The van der Waals surface area contributed by atoms with Gasteiger partial charge in [-0.05, 0) is 126 Å². The molecule has 0 aliphatic heterocycles. The lowest BCUT2D eigenvalue weighted by atomic mass is 9.82. The second kappa shape index (κ2) is 13.7. The highest BCUT2D eigenvalue weighted by atomic mass is 15.1. The van der Waals surface area contributed by atoms with E-state index in [2.05, 4.69) is 231 Å². The smallest absolute Gasteiger partial charge is 0.0467 e. The van der Waals surface area contributed by atoms with Crippen LogP contribution in [0, 0.1) is 0 Å². The number of fused-ring (bicyclic) bond motifs is 4. The van der Waals surface area contributed by atoms with Gasteiger partial charge in [0.1, 0.15) is 0 Å². The van der Waals surface area contributed by atoms with Gasteiger partial charge in [-0.3, -0.25) is 0 Å². The van der Waals surface area contributed by atoms with Crippen molar-refractivity contribution in [2.45, 2.75) is 19.3 Å². The first-order valence-corrected chi connectivity index (χ1v) is 19.5. The minimum Gasteiger partial charge on any atom is -0.310 e. The molecule has 0 saturated heterocycles. The quantitative estimate of drug-likeness (QED) is 0.159. The Balaban J connectivity index is 0.983. The summed E-state index contributed by atoms with van der Waals surface area (Å²) >= 11 is 0. The second-order valence-corrected chi connectivity index (χ2v) is 15.4. The van der Waals surface area contributed by atoms with Gasteiger partial charge in [-0.15, -0.1) is 0 Å². The van der Waals surface area contributed by atoms with Crippen LogP contribution < -0.4 is 4.90 Å². The van der Waals surface area contributed by atoms with Gasteiger partial charge in [-0.25, -0.2) is 0 Å². The molecule has 9 aromatic carbocycles. The van der Waals surface area contributed by atoms with Gasteiger partial charge >= 0.3 is 0 Å². The highest BCUT2D eigenvalue weighted by Crippen LogP contribution is 2.50. The normalized spacial score (nSPS) is 12.6. The van der Waals surface area contributed by atoms with E-state index >= 15 is 0 Å². The first-order valence-electron chi connectivity index (χ1n) is 19.5. The summed E-state index contributed by atoms with van der Waals surface area (Å²) in [7, 11) is 0. The van der Waals surface area contributed by atoms with E-state index in [-0.39, 0.29) is 5.41 Å². The van der Waals surface area contributed by atoms with Crippen LogP contribution in [0.1, 0.15) is 25.0 Å². The Bertz CT molecular complexity index is 2860. The number of rotatable bonds is 7. The molecule has 0 atom stereocenters. The predicted molar refractivity (Wildman–Crippen MR) is 238 cm³/mol. The van der Waals surface area contributed by atoms with Crippen LogP contribution in [0.4, 0.5) is 17.1 Å². The molecule has 0 heterocycles. The zero-order valence-electron chi connectivity index (χ0n) is 31.7. The van der Waals surface area contributed by atoms with Crippen LogP contribution in [0.3, 0.4) is 0 Å². The molecule has 0 bridgehead atoms. The zero-order valence-corrected chi connectivity index (χ0v) is 31.7. The Morgan fingerprint density at radius 1 is 0.286 bits per heavy atom. The standard InChI is InChI=1S/C55H41N/c1-55(2)53-21-9-8-20-51(53)52-33-32-50(37-54(52)55)56(49-19-11-18-46(36-49)38-12-4-3-5-13-38)48-30-28-41(29-31-48)40-22-24-42(25-23-40)44-16-10-17-45(34-44)47-27-26-39-14-6-7-15-43(39)35-47/h3-37H,1-2H3. The Kier molecular flexibility index (Phi) is 8.23. The molecule has 1 aliphatic rings. The summed E-state index contributed by atoms with van der Waals surface area (Å²) < 4.78 is 0. The van der Waals surface area contributed by atoms with E-state index in [4.69, 9.17) is 0 Å². The van der Waals surface area contributed by atoms with Crippen LogP contribution in [0.15, 0.2) is 212 Å². The molecule has 9 aromatic rings. The minimum atomic E-state index is -0.0900. The highest BCUT2D eigenvalue weighted by Gasteiger charge is 2.35. The van der Waals surface area contributed by atoms with Crippen molar-refractivity contribution in [2.24, 2.45) is 0 Å². The minimum absolute atomic E-state index is 0.0900. The summed E-state index contributed by atoms with van der Waals surface area (Å²) in [5, 5.41) is 2.52. The molecule has 0 N–H and O–H groups in total. The number of anilines is 3. The fourth-order valence-electron chi connectivity index (χ4n) is 8.64. The Morgan fingerprint density at radius 2 is 0.768 bits per heavy atom. The van der Waals surface area contributed by atoms with Gasteiger partial charge in [0, 0.05) is 22.5 Å². The van der Waals surface area contributed by atoms with Crippen molar-refractivity contribution in [3.8, 4) is 55.6 Å². The molecule has 1 aliphatic carbocycles. The molecule has 0 spiro atoms. The molecule has 1 nitrogen and oxygen atoms in total. The van der Waals surface area contributed by atoms with Crippen LogP contribution in [-0.2, 0) is 5.41 Å². The summed E-state index contributed by atoms with van der Waals surface area (Å²) in [6.45, 7) is 4.70. The average Bonchev–Trinajstić information content (AvgIpc) is 3.49. The summed E-state index contributed by atoms with van der Waals surface area (Å²) in [6.07, 6.45) is 0. The average molecular weight is 716 g/mol. The predicted octanol–water partition coefficient (Wildman–Crippen LogP) is 15.3. The lowest BCUT2D eigenvalue weighted by Crippen LogP contribution is -2.16. The molecule has 0 saturated carbocycles. The Morgan fingerprint density at radius 3 is 1.54 bits per heavy atom. The van der Waals surface area contributed by atoms with Crippen molar-refractivity contribution in [2.75, 3.05) is 4.90 Å². The summed E-state index contributed by atoms with van der Waals surface area (Å²) in [4.78, 5) is 2.40. The van der Waals surface area contributed by atoms with E-state index in [9.17, 15) is 0 Å². The third-order valence-electron chi connectivity index (χ3n) is 11.7. The monoisotopic (exact) mass is 715 g/mol. The van der Waals surface area contributed by atoms with Gasteiger partial charge < -0.3 is 4.90 Å². The van der Waals surface area contributed by atoms with E-state index in [0.717, 1.165) is 17.1 Å². The maximum atomic E-state index is 2.41. The van der Waals surface area contributed by atoms with Crippen LogP contribution in [0.2, 0.25) is 0 Å². The first kappa shape index (κ1) is 33.6. The van der Waals surface area contributed by atoms with Crippen molar-refractivity contribution in [1.29, 1.82) is 0 Å².